The van der Waals surface area contributed by atoms with Gasteiger partial charge in [-0.2, -0.15) is 0 Å². The first-order valence-corrected chi connectivity index (χ1v) is 10.8. The van der Waals surface area contributed by atoms with Crippen LogP contribution in [0.4, 0.5) is 0 Å². The molecule has 158 valence electrons. The summed E-state index contributed by atoms with van der Waals surface area (Å²) < 4.78 is 5.75. The van der Waals surface area contributed by atoms with E-state index in [0.717, 1.165) is 32.7 Å². The molecular weight excluding hydrogens is 423 g/mol. The minimum absolute atomic E-state index is 0.280. The summed E-state index contributed by atoms with van der Waals surface area (Å²) in [6, 6.07) is 17.5. The summed E-state index contributed by atoms with van der Waals surface area (Å²) in [6.45, 7) is 2.33. The Morgan fingerprint density at radius 2 is 1.60 bits per heavy atom. The molecule has 4 rings (SSSR count). The molecular formula is C23H23Cl2N2O3-. The largest absolute Gasteiger partial charge is 0.785 e. The number of quaternary nitrogens is 1. The van der Waals surface area contributed by atoms with Crippen molar-refractivity contribution in [1.82, 2.24) is 5.06 Å². The van der Waals surface area contributed by atoms with Crippen molar-refractivity contribution in [3.63, 3.8) is 0 Å². The molecule has 0 amide bonds. The third kappa shape index (κ3) is 4.89. The van der Waals surface area contributed by atoms with Gasteiger partial charge < -0.3 is 24.9 Å². The fourth-order valence-electron chi connectivity index (χ4n) is 3.72. The second-order valence-electron chi connectivity index (χ2n) is 7.73. The quantitative estimate of drug-likeness (QED) is 0.376. The van der Waals surface area contributed by atoms with E-state index in [1.165, 1.54) is 0 Å². The lowest BCUT2D eigenvalue weighted by atomic mass is 10.1. The van der Waals surface area contributed by atoms with Crippen LogP contribution in [0.1, 0.15) is 11.1 Å². The van der Waals surface area contributed by atoms with Crippen molar-refractivity contribution < 1.29 is 9.38 Å². The first-order chi connectivity index (χ1) is 14.4. The lowest BCUT2D eigenvalue weighted by Crippen LogP contribution is -2.55. The number of hydroxylamine groups is 5. The summed E-state index contributed by atoms with van der Waals surface area (Å²) in [5, 5.41) is 27.7. The van der Waals surface area contributed by atoms with E-state index in [-0.39, 0.29) is 4.65 Å². The van der Waals surface area contributed by atoms with E-state index in [0.29, 0.717) is 55.8 Å². The molecule has 1 aliphatic rings. The molecule has 1 fully saturated rings. The molecule has 1 saturated heterocycles. The van der Waals surface area contributed by atoms with Gasteiger partial charge in [-0.15, -0.1) is 0 Å². The molecule has 0 bridgehead atoms. The molecule has 0 saturated carbocycles. The van der Waals surface area contributed by atoms with E-state index in [1.54, 1.807) is 6.07 Å². The Morgan fingerprint density at radius 3 is 2.33 bits per heavy atom. The van der Waals surface area contributed by atoms with Gasteiger partial charge in [-0.05, 0) is 29.3 Å². The van der Waals surface area contributed by atoms with Crippen molar-refractivity contribution in [3.8, 4) is 5.75 Å². The lowest BCUT2D eigenvalue weighted by molar-refractivity contribution is -0.884. The van der Waals surface area contributed by atoms with Crippen LogP contribution in [0.15, 0.2) is 54.6 Å². The van der Waals surface area contributed by atoms with Crippen LogP contribution in [0.2, 0.25) is 10.0 Å². The number of rotatable bonds is 6. The van der Waals surface area contributed by atoms with Gasteiger partial charge in [0.1, 0.15) is 12.4 Å². The molecule has 0 unspecified atom stereocenters. The zero-order valence-electron chi connectivity index (χ0n) is 16.5. The Morgan fingerprint density at radius 1 is 0.900 bits per heavy atom. The minimum Gasteiger partial charge on any atom is -0.785 e. The van der Waals surface area contributed by atoms with Gasteiger partial charge in [-0.25, -0.2) is 0 Å². The van der Waals surface area contributed by atoms with Gasteiger partial charge in [0.25, 0.3) is 0 Å². The second-order valence-corrected chi connectivity index (χ2v) is 8.51. The zero-order valence-corrected chi connectivity index (χ0v) is 18.0. The van der Waals surface area contributed by atoms with E-state index in [9.17, 15) is 10.4 Å². The lowest BCUT2D eigenvalue weighted by Gasteiger charge is -2.50. The molecule has 0 N–H and O–H groups in total. The van der Waals surface area contributed by atoms with Crippen molar-refractivity contribution >= 4 is 34.0 Å². The number of ether oxygens (including phenoxy) is 1. The third-order valence-corrected chi connectivity index (χ3v) is 6.47. The van der Waals surface area contributed by atoms with E-state index in [2.05, 4.69) is 0 Å². The monoisotopic (exact) mass is 445 g/mol. The SMILES string of the molecule is [O-]N1CC[N+]([O-])(CCc2ccc(COc3cccc4c(Cl)c(Cl)ccc34)cc2)CC1. The average Bonchev–Trinajstić information content (AvgIpc) is 2.76. The normalized spacial score (nSPS) is 16.7. The molecule has 3 aromatic carbocycles. The van der Waals surface area contributed by atoms with Gasteiger partial charge in [-0.1, -0.05) is 59.6 Å². The van der Waals surface area contributed by atoms with Crippen LogP contribution < -0.4 is 4.74 Å². The summed E-state index contributed by atoms with van der Waals surface area (Å²) in [5.74, 6) is 0.755. The highest BCUT2D eigenvalue weighted by molar-refractivity contribution is 6.45. The van der Waals surface area contributed by atoms with Gasteiger partial charge in [0.15, 0.2) is 0 Å². The van der Waals surface area contributed by atoms with Crippen LogP contribution in [0.5, 0.6) is 5.75 Å². The summed E-state index contributed by atoms with van der Waals surface area (Å²) >= 11 is 12.4. The van der Waals surface area contributed by atoms with Crippen LogP contribution in [-0.4, -0.2) is 42.4 Å². The van der Waals surface area contributed by atoms with Crippen LogP contribution in [0.25, 0.3) is 10.8 Å². The van der Waals surface area contributed by atoms with Crippen molar-refractivity contribution in [2.75, 3.05) is 32.7 Å². The Kier molecular flexibility index (Phi) is 6.48. The predicted octanol–water partition coefficient (Wildman–Crippen LogP) is 5.40. The molecule has 1 heterocycles. The van der Waals surface area contributed by atoms with Gasteiger partial charge >= 0.3 is 0 Å². The van der Waals surface area contributed by atoms with E-state index < -0.39 is 0 Å². The number of halogens is 2. The summed E-state index contributed by atoms with van der Waals surface area (Å²) in [6.07, 6.45) is 0.700. The molecule has 1 aliphatic heterocycles. The fraction of sp³-hybridized carbons (Fsp3) is 0.304. The fourth-order valence-corrected chi connectivity index (χ4v) is 4.11. The maximum absolute atomic E-state index is 12.7. The number of benzene rings is 3. The first kappa shape index (κ1) is 21.4. The van der Waals surface area contributed by atoms with E-state index >= 15 is 0 Å². The third-order valence-electron chi connectivity index (χ3n) is 5.65. The van der Waals surface area contributed by atoms with Crippen molar-refractivity contribution in [1.29, 1.82) is 0 Å². The van der Waals surface area contributed by atoms with Gasteiger partial charge in [-0.3, -0.25) is 0 Å². The maximum Gasteiger partial charge on any atom is 0.127 e. The first-order valence-electron chi connectivity index (χ1n) is 10.0. The predicted molar refractivity (Wildman–Crippen MR) is 122 cm³/mol. The van der Waals surface area contributed by atoms with Gasteiger partial charge in [0.05, 0.1) is 29.7 Å². The molecule has 7 heteroatoms. The minimum atomic E-state index is -0.280. The number of hydrogen-bond donors (Lipinski definition) is 0. The molecule has 30 heavy (non-hydrogen) atoms. The highest BCUT2D eigenvalue weighted by atomic mass is 35.5. The Labute approximate surface area is 186 Å². The molecule has 0 aliphatic carbocycles. The highest BCUT2D eigenvalue weighted by Crippen LogP contribution is 2.35. The van der Waals surface area contributed by atoms with Gasteiger partial charge in [0.2, 0.25) is 0 Å². The van der Waals surface area contributed by atoms with Crippen LogP contribution in [0.3, 0.4) is 0 Å². The van der Waals surface area contributed by atoms with Gasteiger partial charge in [0, 0.05) is 30.3 Å². The van der Waals surface area contributed by atoms with Crippen molar-refractivity contribution in [2.45, 2.75) is 13.0 Å². The number of hydrogen-bond acceptors (Lipinski definition) is 4. The summed E-state index contributed by atoms with van der Waals surface area (Å²) in [4.78, 5) is 0. The molecule has 0 aromatic heterocycles. The topological polar surface area (TPSA) is 58.6 Å². The Bertz CT molecular complexity index is 1020. The number of fused-ring (bicyclic) bond motifs is 1. The average molecular weight is 446 g/mol. The van der Waals surface area contributed by atoms with Crippen LogP contribution >= 0.6 is 23.2 Å². The molecule has 0 radical (unpaired) electrons. The molecule has 5 nitrogen and oxygen atoms in total. The summed E-state index contributed by atoms with van der Waals surface area (Å²) in [5.41, 5.74) is 2.16. The molecule has 3 aromatic rings. The van der Waals surface area contributed by atoms with Crippen LogP contribution in [-0.2, 0) is 13.0 Å². The van der Waals surface area contributed by atoms with E-state index in [4.69, 9.17) is 27.9 Å². The number of piperazine rings is 1. The maximum atomic E-state index is 12.7. The summed E-state index contributed by atoms with van der Waals surface area (Å²) in [7, 11) is 0. The highest BCUT2D eigenvalue weighted by Gasteiger charge is 2.21. The standard InChI is InChI=1S/C23H23Cl2N2O3/c24-21-9-8-19-20(23(21)25)2-1-3-22(19)30-16-18-6-4-17(5-7-18)10-13-27(29)14-11-26(28)12-15-27/h1-9H,10-16H2/q-1. The van der Waals surface area contributed by atoms with Crippen molar-refractivity contribution in [3.05, 3.63) is 86.2 Å². The Balaban J connectivity index is 1.36. The number of nitrogens with zero attached hydrogens (tertiary/aromatic N) is 2. The molecule has 0 spiro atoms. The van der Waals surface area contributed by atoms with Crippen molar-refractivity contribution in [2.24, 2.45) is 0 Å². The smallest absolute Gasteiger partial charge is 0.127 e. The Hall–Kier alpha value is -1.86. The second kappa shape index (κ2) is 9.10. The van der Waals surface area contributed by atoms with Crippen LogP contribution in [0, 0.1) is 10.4 Å². The molecule has 0 atom stereocenters. The van der Waals surface area contributed by atoms with E-state index in [1.807, 2.05) is 48.5 Å². The zero-order chi connectivity index (χ0) is 21.1.